The number of aryl methyl sites for hydroxylation is 1. The largest absolute Gasteiger partial charge is 0.480 e. The van der Waals surface area contributed by atoms with Crippen LogP contribution in [-0.4, -0.2) is 23.0 Å². The zero-order chi connectivity index (χ0) is 13.7. The zero-order valence-electron chi connectivity index (χ0n) is 9.94. The van der Waals surface area contributed by atoms with Gasteiger partial charge in [0.2, 0.25) is 0 Å². The van der Waals surface area contributed by atoms with Gasteiger partial charge >= 0.3 is 5.97 Å². The Labute approximate surface area is 104 Å². The van der Waals surface area contributed by atoms with E-state index in [0.29, 0.717) is 5.56 Å². The standard InChI is InChI=1S/C13H14FNO3/c1-3-4-11(13(17)18)15-12(16)10-7-9(14)6-5-8(10)2/h3,5-7,11H,1,4H2,2H3,(H,15,16)(H,17,18). The van der Waals surface area contributed by atoms with Crippen LogP contribution in [0.1, 0.15) is 22.3 Å². The fourth-order valence-corrected chi connectivity index (χ4v) is 1.46. The number of carboxylic acid groups (broad SMARTS) is 1. The van der Waals surface area contributed by atoms with Gasteiger partial charge in [0.05, 0.1) is 0 Å². The van der Waals surface area contributed by atoms with E-state index in [1.165, 1.54) is 18.2 Å². The summed E-state index contributed by atoms with van der Waals surface area (Å²) in [6.45, 7) is 5.07. The second-order valence-corrected chi connectivity index (χ2v) is 3.85. The van der Waals surface area contributed by atoms with E-state index in [1.54, 1.807) is 6.92 Å². The lowest BCUT2D eigenvalue weighted by atomic mass is 10.1. The summed E-state index contributed by atoms with van der Waals surface area (Å²) in [5.41, 5.74) is 0.710. The van der Waals surface area contributed by atoms with Gasteiger partial charge in [-0.2, -0.15) is 0 Å². The third kappa shape index (κ3) is 3.41. The molecule has 96 valence electrons. The highest BCUT2D eigenvalue weighted by Crippen LogP contribution is 2.10. The van der Waals surface area contributed by atoms with Crippen LogP contribution in [0.2, 0.25) is 0 Å². The molecule has 1 atom stereocenters. The highest BCUT2D eigenvalue weighted by molar-refractivity contribution is 5.97. The molecule has 0 radical (unpaired) electrons. The second-order valence-electron chi connectivity index (χ2n) is 3.85. The van der Waals surface area contributed by atoms with Crippen molar-refractivity contribution in [2.45, 2.75) is 19.4 Å². The Kier molecular flexibility index (Phi) is 4.59. The lowest BCUT2D eigenvalue weighted by molar-refractivity contribution is -0.139. The maximum atomic E-state index is 13.0. The number of benzene rings is 1. The normalized spacial score (nSPS) is 11.7. The van der Waals surface area contributed by atoms with Gasteiger partial charge in [-0.05, 0) is 31.0 Å². The number of amides is 1. The molecular weight excluding hydrogens is 237 g/mol. The molecule has 1 aromatic rings. The van der Waals surface area contributed by atoms with Crippen LogP contribution in [0.25, 0.3) is 0 Å². The molecule has 0 bridgehead atoms. The number of carbonyl (C=O) groups excluding carboxylic acids is 1. The molecule has 1 amide bonds. The highest BCUT2D eigenvalue weighted by Gasteiger charge is 2.20. The number of halogens is 1. The van der Waals surface area contributed by atoms with Crippen LogP contribution >= 0.6 is 0 Å². The monoisotopic (exact) mass is 251 g/mol. The van der Waals surface area contributed by atoms with Crippen molar-refractivity contribution in [2.75, 3.05) is 0 Å². The number of carboxylic acids is 1. The summed E-state index contributed by atoms with van der Waals surface area (Å²) < 4.78 is 13.0. The summed E-state index contributed by atoms with van der Waals surface area (Å²) in [5.74, 6) is -2.31. The molecule has 0 heterocycles. The van der Waals surface area contributed by atoms with E-state index >= 15 is 0 Å². The van der Waals surface area contributed by atoms with Crippen molar-refractivity contribution in [3.8, 4) is 0 Å². The summed E-state index contributed by atoms with van der Waals surface area (Å²) >= 11 is 0. The molecular formula is C13H14FNO3. The van der Waals surface area contributed by atoms with E-state index in [1.807, 2.05) is 0 Å². The molecule has 0 aliphatic rings. The molecule has 5 heteroatoms. The van der Waals surface area contributed by atoms with Crippen LogP contribution in [-0.2, 0) is 4.79 Å². The first kappa shape index (κ1) is 13.9. The summed E-state index contributed by atoms with van der Waals surface area (Å²) in [5, 5.41) is 11.2. The number of hydrogen-bond acceptors (Lipinski definition) is 2. The molecule has 0 spiro atoms. The average molecular weight is 251 g/mol. The van der Waals surface area contributed by atoms with E-state index in [9.17, 15) is 14.0 Å². The van der Waals surface area contributed by atoms with Gasteiger partial charge in [-0.3, -0.25) is 4.79 Å². The molecule has 18 heavy (non-hydrogen) atoms. The van der Waals surface area contributed by atoms with Crippen molar-refractivity contribution in [1.29, 1.82) is 0 Å². The maximum Gasteiger partial charge on any atom is 0.326 e. The van der Waals surface area contributed by atoms with Crippen molar-refractivity contribution < 1.29 is 19.1 Å². The van der Waals surface area contributed by atoms with Crippen molar-refractivity contribution in [3.63, 3.8) is 0 Å². The summed E-state index contributed by atoms with van der Waals surface area (Å²) in [7, 11) is 0. The van der Waals surface area contributed by atoms with Gasteiger partial charge in [-0.15, -0.1) is 6.58 Å². The Bertz CT molecular complexity index is 485. The zero-order valence-corrected chi connectivity index (χ0v) is 9.94. The predicted molar refractivity (Wildman–Crippen MR) is 64.8 cm³/mol. The second kappa shape index (κ2) is 5.95. The minimum Gasteiger partial charge on any atom is -0.480 e. The summed E-state index contributed by atoms with van der Waals surface area (Å²) in [6, 6.07) is 2.73. The smallest absolute Gasteiger partial charge is 0.326 e. The molecule has 4 nitrogen and oxygen atoms in total. The quantitative estimate of drug-likeness (QED) is 0.785. The van der Waals surface area contributed by atoms with Gasteiger partial charge in [0.1, 0.15) is 11.9 Å². The van der Waals surface area contributed by atoms with Crippen LogP contribution < -0.4 is 5.32 Å². The minimum atomic E-state index is -1.16. The lowest BCUT2D eigenvalue weighted by Crippen LogP contribution is -2.40. The molecule has 1 unspecified atom stereocenters. The van der Waals surface area contributed by atoms with E-state index in [2.05, 4.69) is 11.9 Å². The molecule has 1 aromatic carbocycles. The van der Waals surface area contributed by atoms with E-state index in [4.69, 9.17) is 5.11 Å². The van der Waals surface area contributed by atoms with E-state index < -0.39 is 23.7 Å². The topological polar surface area (TPSA) is 66.4 Å². The molecule has 0 aliphatic carbocycles. The Morgan fingerprint density at radius 1 is 1.56 bits per heavy atom. The maximum absolute atomic E-state index is 13.0. The van der Waals surface area contributed by atoms with E-state index in [-0.39, 0.29) is 12.0 Å². The number of aliphatic carboxylic acids is 1. The van der Waals surface area contributed by atoms with Crippen molar-refractivity contribution in [3.05, 3.63) is 47.8 Å². The average Bonchev–Trinajstić information content (AvgIpc) is 2.31. The lowest BCUT2D eigenvalue weighted by Gasteiger charge is -2.13. The number of hydrogen-bond donors (Lipinski definition) is 2. The molecule has 0 fully saturated rings. The van der Waals surface area contributed by atoms with Crippen LogP contribution in [0, 0.1) is 12.7 Å². The minimum absolute atomic E-state index is 0.107. The Hall–Kier alpha value is -2.17. The third-order valence-electron chi connectivity index (χ3n) is 2.45. The number of carbonyl (C=O) groups is 2. The summed E-state index contributed by atoms with van der Waals surface area (Å²) in [4.78, 5) is 22.7. The first-order valence-electron chi connectivity index (χ1n) is 5.36. The molecule has 0 aromatic heterocycles. The van der Waals surface area contributed by atoms with Gasteiger partial charge < -0.3 is 10.4 Å². The van der Waals surface area contributed by atoms with Crippen molar-refractivity contribution >= 4 is 11.9 Å². The number of nitrogens with one attached hydrogen (secondary N) is 1. The van der Waals surface area contributed by atoms with Crippen LogP contribution in [0.4, 0.5) is 4.39 Å². The third-order valence-corrected chi connectivity index (χ3v) is 2.45. The Balaban J connectivity index is 2.89. The van der Waals surface area contributed by atoms with E-state index in [0.717, 1.165) is 6.07 Å². The molecule has 0 saturated carbocycles. The molecule has 1 rings (SSSR count). The molecule has 0 aliphatic heterocycles. The summed E-state index contributed by atoms with van der Waals surface area (Å²) in [6.07, 6.45) is 1.51. The van der Waals surface area contributed by atoms with Gasteiger partial charge in [-0.1, -0.05) is 12.1 Å². The SMILES string of the molecule is C=CCC(NC(=O)c1cc(F)ccc1C)C(=O)O. The fourth-order valence-electron chi connectivity index (χ4n) is 1.46. The first-order chi connectivity index (χ1) is 8.45. The Morgan fingerprint density at radius 3 is 2.78 bits per heavy atom. The van der Waals surface area contributed by atoms with Crippen LogP contribution in [0.5, 0.6) is 0 Å². The number of rotatable bonds is 5. The molecule has 0 saturated heterocycles. The highest BCUT2D eigenvalue weighted by atomic mass is 19.1. The van der Waals surface area contributed by atoms with Crippen molar-refractivity contribution in [1.82, 2.24) is 5.32 Å². The molecule has 2 N–H and O–H groups in total. The van der Waals surface area contributed by atoms with Crippen LogP contribution in [0.15, 0.2) is 30.9 Å². The Morgan fingerprint density at radius 2 is 2.22 bits per heavy atom. The first-order valence-corrected chi connectivity index (χ1v) is 5.36. The van der Waals surface area contributed by atoms with Crippen molar-refractivity contribution in [2.24, 2.45) is 0 Å². The van der Waals surface area contributed by atoms with Gasteiger partial charge in [0.15, 0.2) is 0 Å². The van der Waals surface area contributed by atoms with Gasteiger partial charge in [0.25, 0.3) is 5.91 Å². The predicted octanol–water partition coefficient (Wildman–Crippen LogP) is 1.89. The van der Waals surface area contributed by atoms with Crippen LogP contribution in [0.3, 0.4) is 0 Å². The van der Waals surface area contributed by atoms with Gasteiger partial charge in [0, 0.05) is 5.56 Å². The fraction of sp³-hybridized carbons (Fsp3) is 0.231. The van der Waals surface area contributed by atoms with Gasteiger partial charge in [-0.25, -0.2) is 9.18 Å².